The van der Waals surface area contributed by atoms with Gasteiger partial charge in [-0.25, -0.2) is 0 Å². The smallest absolute Gasteiger partial charge is 0.159 e. The third-order valence-corrected chi connectivity index (χ3v) is 5.04. The zero-order chi connectivity index (χ0) is 23.0. The van der Waals surface area contributed by atoms with Crippen molar-refractivity contribution in [2.24, 2.45) is 0 Å². The van der Waals surface area contributed by atoms with Gasteiger partial charge in [0.25, 0.3) is 0 Å². The Morgan fingerprint density at radius 3 is 2.56 bits per heavy atom. The molecule has 170 valence electrons. The Morgan fingerprint density at radius 2 is 1.88 bits per heavy atom. The van der Waals surface area contributed by atoms with E-state index in [1.54, 1.807) is 7.11 Å². The molecule has 1 atom stereocenters. The minimum absolute atomic E-state index is 0.175. The molecule has 0 bridgehead atoms. The lowest BCUT2D eigenvalue weighted by molar-refractivity contribution is 0.0987. The van der Waals surface area contributed by atoms with Crippen LogP contribution in [0.2, 0.25) is 0 Å². The van der Waals surface area contributed by atoms with E-state index in [4.69, 9.17) is 14.0 Å². The number of aliphatic hydroxyl groups is 1. The number of benzene rings is 2. The van der Waals surface area contributed by atoms with E-state index >= 15 is 0 Å². The summed E-state index contributed by atoms with van der Waals surface area (Å²) < 4.78 is 16.3. The third kappa shape index (κ3) is 7.25. The number of nitrogens with one attached hydrogen (secondary N) is 1. The summed E-state index contributed by atoms with van der Waals surface area (Å²) in [5, 5.41) is 17.8. The molecule has 1 aromatic heterocycles. The van der Waals surface area contributed by atoms with Crippen molar-refractivity contribution in [3.05, 3.63) is 77.2 Å². The molecule has 0 aliphatic heterocycles. The maximum absolute atomic E-state index is 10.5. The lowest BCUT2D eigenvalue weighted by atomic mass is 9.94. The molecule has 0 radical (unpaired) electrons. The first-order chi connectivity index (χ1) is 15.3. The molecule has 0 aliphatic carbocycles. The number of aliphatic hydroxyl groups excluding tert-OH is 1. The highest BCUT2D eigenvalue weighted by molar-refractivity contribution is 5.70. The largest absolute Gasteiger partial charge is 0.497 e. The van der Waals surface area contributed by atoms with Crippen LogP contribution in [0.3, 0.4) is 0 Å². The van der Waals surface area contributed by atoms with Crippen LogP contribution in [0.25, 0.3) is 12.2 Å². The molecule has 3 rings (SSSR count). The molecule has 0 aliphatic rings. The van der Waals surface area contributed by atoms with Gasteiger partial charge in [0, 0.05) is 23.7 Å². The molecule has 0 saturated heterocycles. The molecule has 6 heteroatoms. The molecule has 0 saturated carbocycles. The van der Waals surface area contributed by atoms with Gasteiger partial charge in [0.05, 0.1) is 12.8 Å². The second-order valence-electron chi connectivity index (χ2n) is 8.50. The molecule has 0 spiro atoms. The van der Waals surface area contributed by atoms with Crippen LogP contribution in [0.1, 0.15) is 36.4 Å². The molecule has 32 heavy (non-hydrogen) atoms. The van der Waals surface area contributed by atoms with Gasteiger partial charge < -0.3 is 24.4 Å². The Kier molecular flexibility index (Phi) is 8.09. The molecule has 0 amide bonds. The summed E-state index contributed by atoms with van der Waals surface area (Å²) in [6.07, 6.45) is 3.96. The summed E-state index contributed by atoms with van der Waals surface area (Å²) in [6.45, 7) is 6.74. The lowest BCUT2D eigenvalue weighted by Crippen LogP contribution is -2.46. The molecule has 1 unspecified atom stereocenters. The highest BCUT2D eigenvalue weighted by atomic mass is 16.5. The Morgan fingerprint density at radius 1 is 1.12 bits per heavy atom. The number of nitrogens with zero attached hydrogens (tertiary/aromatic N) is 1. The maximum atomic E-state index is 10.5. The minimum Gasteiger partial charge on any atom is -0.497 e. The highest BCUT2D eigenvalue weighted by Gasteiger charge is 2.19. The Bertz CT molecular complexity index is 1010. The van der Waals surface area contributed by atoms with Crippen molar-refractivity contribution in [2.45, 2.75) is 38.8 Å². The number of aromatic nitrogens is 1. The number of ether oxygens (including phenoxy) is 2. The second kappa shape index (κ2) is 11.0. The number of para-hydroxylation sites is 1. The zero-order valence-corrected chi connectivity index (χ0v) is 19.2. The van der Waals surface area contributed by atoms with Crippen LogP contribution in [0.15, 0.2) is 59.1 Å². The molecule has 2 aromatic carbocycles. The molecule has 3 aromatic rings. The maximum Gasteiger partial charge on any atom is 0.159 e. The van der Waals surface area contributed by atoms with E-state index in [1.807, 2.05) is 61.5 Å². The van der Waals surface area contributed by atoms with E-state index in [2.05, 4.69) is 36.5 Å². The zero-order valence-electron chi connectivity index (χ0n) is 19.2. The molecule has 0 fully saturated rings. The first-order valence-electron chi connectivity index (χ1n) is 10.7. The van der Waals surface area contributed by atoms with E-state index in [-0.39, 0.29) is 12.1 Å². The number of aryl methyl sites for hydroxylation is 1. The van der Waals surface area contributed by atoms with Gasteiger partial charge in [-0.3, -0.25) is 0 Å². The summed E-state index contributed by atoms with van der Waals surface area (Å²) in [7, 11) is 1.66. The number of hydrogen-bond donors (Lipinski definition) is 2. The van der Waals surface area contributed by atoms with E-state index < -0.39 is 6.10 Å². The predicted octanol–water partition coefficient (Wildman–Crippen LogP) is 4.51. The highest BCUT2D eigenvalue weighted by Crippen LogP contribution is 2.21. The lowest BCUT2D eigenvalue weighted by Gasteiger charge is -2.28. The van der Waals surface area contributed by atoms with Crippen LogP contribution in [-0.2, 0) is 6.42 Å². The van der Waals surface area contributed by atoms with Crippen molar-refractivity contribution in [1.82, 2.24) is 10.5 Å². The molecule has 1 heterocycles. The van der Waals surface area contributed by atoms with Crippen LogP contribution < -0.4 is 14.8 Å². The number of rotatable bonds is 11. The van der Waals surface area contributed by atoms with Crippen molar-refractivity contribution in [2.75, 3.05) is 20.3 Å². The van der Waals surface area contributed by atoms with E-state index in [0.29, 0.717) is 18.1 Å². The standard InChI is InChI=1S/C26H32N2O4/c1-19-15-24(32-28-19)14-11-21-7-5-6-8-25(21)31-18-22(29)17-27-26(2,3)16-20-9-12-23(30-4)13-10-20/h5-15,22,27,29H,16-18H2,1-4H3/b14-11-. The summed E-state index contributed by atoms with van der Waals surface area (Å²) in [5.74, 6) is 2.23. The predicted molar refractivity (Wildman–Crippen MR) is 127 cm³/mol. The van der Waals surface area contributed by atoms with Gasteiger partial charge in [0.2, 0.25) is 0 Å². The van der Waals surface area contributed by atoms with Crippen molar-refractivity contribution in [3.63, 3.8) is 0 Å². The molecular formula is C26H32N2O4. The van der Waals surface area contributed by atoms with Crippen molar-refractivity contribution < 1.29 is 19.1 Å². The van der Waals surface area contributed by atoms with Crippen LogP contribution >= 0.6 is 0 Å². The Hall–Kier alpha value is -3.09. The number of hydrogen-bond acceptors (Lipinski definition) is 6. The first kappa shape index (κ1) is 23.6. The Balaban J connectivity index is 1.50. The average molecular weight is 437 g/mol. The fourth-order valence-corrected chi connectivity index (χ4v) is 3.34. The quantitative estimate of drug-likeness (QED) is 0.460. The molecular weight excluding hydrogens is 404 g/mol. The van der Waals surface area contributed by atoms with E-state index in [0.717, 1.165) is 23.4 Å². The van der Waals surface area contributed by atoms with Crippen LogP contribution in [-0.4, -0.2) is 42.2 Å². The summed E-state index contributed by atoms with van der Waals surface area (Å²) >= 11 is 0. The topological polar surface area (TPSA) is 76.8 Å². The van der Waals surface area contributed by atoms with E-state index in [1.165, 1.54) is 5.56 Å². The minimum atomic E-state index is -0.640. The summed E-state index contributed by atoms with van der Waals surface area (Å²) in [5.41, 5.74) is 2.77. The van der Waals surface area contributed by atoms with Crippen LogP contribution in [0.4, 0.5) is 0 Å². The SMILES string of the molecule is COc1ccc(CC(C)(C)NCC(O)COc2ccccc2/C=C\c2cc(C)no2)cc1. The van der Waals surface area contributed by atoms with Gasteiger partial charge >= 0.3 is 0 Å². The van der Waals surface area contributed by atoms with Gasteiger partial charge in [0.1, 0.15) is 24.2 Å². The van der Waals surface area contributed by atoms with Gasteiger partial charge in [0.15, 0.2) is 5.76 Å². The van der Waals surface area contributed by atoms with Crippen molar-refractivity contribution in [1.29, 1.82) is 0 Å². The monoisotopic (exact) mass is 436 g/mol. The molecule has 6 nitrogen and oxygen atoms in total. The fraction of sp³-hybridized carbons (Fsp3) is 0.346. The summed E-state index contributed by atoms with van der Waals surface area (Å²) in [4.78, 5) is 0. The molecule has 2 N–H and O–H groups in total. The van der Waals surface area contributed by atoms with Gasteiger partial charge in [-0.1, -0.05) is 35.5 Å². The summed E-state index contributed by atoms with van der Waals surface area (Å²) in [6, 6.07) is 17.6. The van der Waals surface area contributed by atoms with Crippen molar-refractivity contribution in [3.8, 4) is 11.5 Å². The van der Waals surface area contributed by atoms with Gasteiger partial charge in [-0.2, -0.15) is 0 Å². The third-order valence-electron chi connectivity index (χ3n) is 5.04. The number of β-amino-alcohol motifs (C(OH)–C–C–N with tert-alkyl or cyclic N) is 1. The number of methoxy groups -OCH3 is 1. The first-order valence-corrected chi connectivity index (χ1v) is 10.7. The Labute approximate surface area is 189 Å². The van der Waals surface area contributed by atoms with Gasteiger partial charge in [-0.05, 0) is 63.1 Å². The average Bonchev–Trinajstić information content (AvgIpc) is 3.21. The van der Waals surface area contributed by atoms with Crippen LogP contribution in [0, 0.1) is 6.92 Å². The normalized spacial score (nSPS) is 12.8. The van der Waals surface area contributed by atoms with Gasteiger partial charge in [-0.15, -0.1) is 0 Å². The van der Waals surface area contributed by atoms with Crippen molar-refractivity contribution >= 4 is 12.2 Å². The second-order valence-corrected chi connectivity index (χ2v) is 8.50. The fourth-order valence-electron chi connectivity index (χ4n) is 3.34. The van der Waals surface area contributed by atoms with E-state index in [9.17, 15) is 5.11 Å². The van der Waals surface area contributed by atoms with Crippen LogP contribution in [0.5, 0.6) is 11.5 Å².